The molecule has 3 rings (SSSR count). The maximum atomic E-state index is 13.7. The van der Waals surface area contributed by atoms with Crippen molar-refractivity contribution >= 4 is 5.91 Å². The third kappa shape index (κ3) is 3.69. The van der Waals surface area contributed by atoms with Gasteiger partial charge in [-0.15, -0.1) is 0 Å². The lowest BCUT2D eigenvalue weighted by molar-refractivity contribution is 0.0991. The molecule has 1 aromatic heterocycles. The number of rotatable bonds is 5. The molecule has 1 atom stereocenters. The number of benzene rings is 2. The van der Waals surface area contributed by atoms with E-state index < -0.39 is 17.8 Å². The Balaban J connectivity index is 1.90. The molecular weight excluding hydrogens is 333 g/mol. The first-order valence-corrected chi connectivity index (χ1v) is 8.13. The molecule has 0 aliphatic heterocycles. The fraction of sp³-hybridized carbons (Fsp3) is 0.150. The second-order valence-corrected chi connectivity index (χ2v) is 5.94. The molecule has 1 heterocycles. The van der Waals surface area contributed by atoms with Gasteiger partial charge >= 0.3 is 0 Å². The summed E-state index contributed by atoms with van der Waals surface area (Å²) >= 11 is 0. The van der Waals surface area contributed by atoms with Gasteiger partial charge in [0.15, 0.2) is 11.4 Å². The van der Waals surface area contributed by atoms with E-state index in [2.05, 4.69) is 9.97 Å². The molecule has 3 N–H and O–H groups in total. The van der Waals surface area contributed by atoms with E-state index in [0.717, 1.165) is 16.7 Å². The van der Waals surface area contributed by atoms with Crippen molar-refractivity contribution in [3.8, 4) is 16.9 Å². The van der Waals surface area contributed by atoms with E-state index in [0.29, 0.717) is 0 Å². The van der Waals surface area contributed by atoms with Gasteiger partial charge in [-0.1, -0.05) is 54.6 Å². The SMILES string of the molecule is CC(F)c1nc(Cc2ccc(-c3ccccc3)cc2)nc(C(N)=O)c1O. The van der Waals surface area contributed by atoms with E-state index in [1.807, 2.05) is 54.6 Å². The molecule has 2 aromatic carbocycles. The standard InChI is InChI=1S/C20H18FN3O2/c1-12(21)17-19(25)18(20(22)26)24-16(23-17)11-13-7-9-15(10-8-13)14-5-3-2-4-6-14/h2-10,12,25H,11H2,1H3,(H2,22,26). The summed E-state index contributed by atoms with van der Waals surface area (Å²) in [7, 11) is 0. The number of aromatic hydroxyl groups is 1. The van der Waals surface area contributed by atoms with E-state index in [4.69, 9.17) is 5.73 Å². The fourth-order valence-corrected chi connectivity index (χ4v) is 2.68. The number of carbonyl (C=O) groups is 1. The Hall–Kier alpha value is -3.28. The Bertz CT molecular complexity index is 926. The predicted octanol–water partition coefficient (Wildman–Crippen LogP) is 3.57. The van der Waals surface area contributed by atoms with Crippen LogP contribution in [0.4, 0.5) is 4.39 Å². The highest BCUT2D eigenvalue weighted by molar-refractivity contribution is 5.93. The lowest BCUT2D eigenvalue weighted by Crippen LogP contribution is -2.17. The molecule has 0 aliphatic carbocycles. The van der Waals surface area contributed by atoms with Crippen LogP contribution in [0.3, 0.4) is 0 Å². The third-order valence-electron chi connectivity index (χ3n) is 3.99. The normalized spacial score (nSPS) is 11.9. The average molecular weight is 351 g/mol. The van der Waals surface area contributed by atoms with E-state index in [-0.39, 0.29) is 23.6 Å². The Morgan fingerprint density at radius 1 is 1.08 bits per heavy atom. The number of aromatic nitrogens is 2. The Labute approximate surface area is 150 Å². The van der Waals surface area contributed by atoms with Gasteiger partial charge in [-0.2, -0.15) is 0 Å². The molecule has 0 radical (unpaired) electrons. The van der Waals surface area contributed by atoms with Gasteiger partial charge in [0.05, 0.1) is 0 Å². The Kier molecular flexibility index (Phi) is 4.93. The summed E-state index contributed by atoms with van der Waals surface area (Å²) in [5.74, 6) is -1.30. The van der Waals surface area contributed by atoms with Gasteiger partial charge in [-0.3, -0.25) is 4.79 Å². The minimum absolute atomic E-state index is 0.226. The van der Waals surface area contributed by atoms with Gasteiger partial charge in [0.1, 0.15) is 17.7 Å². The zero-order valence-electron chi connectivity index (χ0n) is 14.2. The first-order chi connectivity index (χ1) is 12.5. The summed E-state index contributed by atoms with van der Waals surface area (Å²) in [4.78, 5) is 19.5. The first-order valence-electron chi connectivity index (χ1n) is 8.13. The second-order valence-electron chi connectivity index (χ2n) is 5.94. The van der Waals surface area contributed by atoms with E-state index >= 15 is 0 Å². The maximum Gasteiger partial charge on any atom is 0.271 e. The van der Waals surface area contributed by atoms with Crippen molar-refractivity contribution in [1.82, 2.24) is 9.97 Å². The quantitative estimate of drug-likeness (QED) is 0.735. The number of halogens is 1. The van der Waals surface area contributed by atoms with Gasteiger partial charge in [0.25, 0.3) is 5.91 Å². The van der Waals surface area contributed by atoms with E-state index in [9.17, 15) is 14.3 Å². The van der Waals surface area contributed by atoms with E-state index in [1.165, 1.54) is 6.92 Å². The fourth-order valence-electron chi connectivity index (χ4n) is 2.68. The number of nitrogens with two attached hydrogens (primary N) is 1. The summed E-state index contributed by atoms with van der Waals surface area (Å²) < 4.78 is 13.7. The summed E-state index contributed by atoms with van der Waals surface area (Å²) in [5, 5.41) is 9.92. The zero-order chi connectivity index (χ0) is 18.7. The highest BCUT2D eigenvalue weighted by Gasteiger charge is 2.21. The molecule has 26 heavy (non-hydrogen) atoms. The van der Waals surface area contributed by atoms with Crippen molar-refractivity contribution in [2.45, 2.75) is 19.5 Å². The minimum atomic E-state index is -1.55. The highest BCUT2D eigenvalue weighted by atomic mass is 19.1. The molecule has 132 valence electrons. The van der Waals surface area contributed by atoms with Crippen molar-refractivity contribution in [3.63, 3.8) is 0 Å². The third-order valence-corrected chi connectivity index (χ3v) is 3.99. The molecule has 0 spiro atoms. The molecule has 0 fully saturated rings. The lowest BCUT2D eigenvalue weighted by atomic mass is 10.0. The Morgan fingerprint density at radius 3 is 2.27 bits per heavy atom. The highest BCUT2D eigenvalue weighted by Crippen LogP contribution is 2.28. The summed E-state index contributed by atoms with van der Waals surface area (Å²) in [6.07, 6.45) is -1.26. The number of nitrogens with zero attached hydrogens (tertiary/aromatic N) is 2. The van der Waals surface area contributed by atoms with Gasteiger partial charge in [-0.25, -0.2) is 14.4 Å². The maximum absolute atomic E-state index is 13.7. The summed E-state index contributed by atoms with van der Waals surface area (Å²) in [6.45, 7) is 1.23. The predicted molar refractivity (Wildman–Crippen MR) is 96.4 cm³/mol. The van der Waals surface area contributed by atoms with Gasteiger partial charge in [0.2, 0.25) is 0 Å². The molecular formula is C20H18FN3O2. The van der Waals surface area contributed by atoms with Gasteiger partial charge in [-0.05, 0) is 23.6 Å². The van der Waals surface area contributed by atoms with Crippen molar-refractivity contribution in [2.75, 3.05) is 0 Å². The van der Waals surface area contributed by atoms with Crippen LogP contribution in [-0.4, -0.2) is 21.0 Å². The van der Waals surface area contributed by atoms with Crippen molar-refractivity contribution in [1.29, 1.82) is 0 Å². The van der Waals surface area contributed by atoms with Crippen LogP contribution in [-0.2, 0) is 6.42 Å². The summed E-state index contributed by atoms with van der Waals surface area (Å²) in [5.41, 5.74) is 7.68. The number of hydrogen-bond acceptors (Lipinski definition) is 4. The van der Waals surface area contributed by atoms with Crippen molar-refractivity contribution < 1.29 is 14.3 Å². The monoisotopic (exact) mass is 351 g/mol. The number of primary amides is 1. The molecule has 1 unspecified atom stereocenters. The molecule has 0 bridgehead atoms. The number of amides is 1. The molecule has 6 heteroatoms. The topological polar surface area (TPSA) is 89.1 Å². The molecule has 0 aliphatic rings. The van der Waals surface area contributed by atoms with Gasteiger partial charge < -0.3 is 10.8 Å². The summed E-state index contributed by atoms with van der Waals surface area (Å²) in [6, 6.07) is 17.7. The van der Waals surface area contributed by atoms with Crippen LogP contribution < -0.4 is 5.73 Å². The van der Waals surface area contributed by atoms with Crippen LogP contribution >= 0.6 is 0 Å². The second kappa shape index (κ2) is 7.31. The molecule has 0 saturated heterocycles. The minimum Gasteiger partial charge on any atom is -0.504 e. The van der Waals surface area contributed by atoms with Crippen LogP contribution in [0, 0.1) is 0 Å². The number of alkyl halides is 1. The molecule has 3 aromatic rings. The average Bonchev–Trinajstić information content (AvgIpc) is 2.64. The van der Waals surface area contributed by atoms with Crippen LogP contribution in [0.5, 0.6) is 5.75 Å². The number of hydrogen-bond donors (Lipinski definition) is 2. The van der Waals surface area contributed by atoms with Crippen LogP contribution in [0.1, 0.15) is 40.7 Å². The smallest absolute Gasteiger partial charge is 0.271 e. The first kappa shape index (κ1) is 17.5. The molecule has 0 saturated carbocycles. The van der Waals surface area contributed by atoms with Crippen LogP contribution in [0.25, 0.3) is 11.1 Å². The zero-order valence-corrected chi connectivity index (χ0v) is 14.2. The molecule has 5 nitrogen and oxygen atoms in total. The van der Waals surface area contributed by atoms with Crippen molar-refractivity contribution in [2.24, 2.45) is 5.73 Å². The van der Waals surface area contributed by atoms with Crippen molar-refractivity contribution in [3.05, 3.63) is 77.4 Å². The number of carbonyl (C=O) groups excluding carboxylic acids is 1. The molecule has 1 amide bonds. The largest absolute Gasteiger partial charge is 0.504 e. The Morgan fingerprint density at radius 2 is 1.69 bits per heavy atom. The van der Waals surface area contributed by atoms with E-state index in [1.54, 1.807) is 0 Å². The lowest BCUT2D eigenvalue weighted by Gasteiger charge is -2.10. The van der Waals surface area contributed by atoms with Crippen LogP contribution in [0.2, 0.25) is 0 Å². The van der Waals surface area contributed by atoms with Gasteiger partial charge in [0, 0.05) is 6.42 Å². The van der Waals surface area contributed by atoms with Crippen LogP contribution in [0.15, 0.2) is 54.6 Å².